The van der Waals surface area contributed by atoms with Crippen LogP contribution in [0, 0.1) is 5.92 Å². The van der Waals surface area contributed by atoms with Crippen molar-refractivity contribution in [2.75, 3.05) is 30.7 Å². The number of nitrogens with zero attached hydrogens (tertiary/aromatic N) is 3. The van der Waals surface area contributed by atoms with E-state index in [-0.39, 0.29) is 45.4 Å². The molecule has 1 aliphatic heterocycles. The smallest absolute Gasteiger partial charge is 0.417 e. The lowest BCUT2D eigenvalue weighted by atomic mass is 9.98. The van der Waals surface area contributed by atoms with Gasteiger partial charge in [0.1, 0.15) is 11.6 Å². The van der Waals surface area contributed by atoms with Crippen LogP contribution in [0.4, 0.5) is 27.5 Å². The third-order valence-corrected chi connectivity index (χ3v) is 6.73. The fraction of sp³-hybridized carbons (Fsp3) is 0.438. The normalized spacial score (nSPS) is 16.1. The molecule has 47 heavy (non-hydrogen) atoms. The number of hydrogen-bond acceptors (Lipinski definition) is 11. The molecule has 0 aliphatic carbocycles. The molecule has 1 heterocycles. The molecule has 0 saturated carbocycles. The molecule has 252 valence electrons. The lowest BCUT2D eigenvalue weighted by Gasteiger charge is -2.26. The molecule has 5 N–H and O–H groups in total. The van der Waals surface area contributed by atoms with E-state index in [1.54, 1.807) is 76.2 Å². The van der Waals surface area contributed by atoms with Gasteiger partial charge in [-0.2, -0.15) is 10.2 Å². The molecule has 1 aliphatic rings. The lowest BCUT2D eigenvalue weighted by Crippen LogP contribution is -2.46. The van der Waals surface area contributed by atoms with Gasteiger partial charge in [0.15, 0.2) is 0 Å². The second kappa shape index (κ2) is 16.8. The van der Waals surface area contributed by atoms with Crippen molar-refractivity contribution in [2.45, 2.75) is 65.0 Å². The number of ether oxygens (including phenoxy) is 2. The molecule has 2 aromatic carbocycles. The minimum absolute atomic E-state index is 0.00357. The van der Waals surface area contributed by atoms with Gasteiger partial charge in [-0.1, -0.05) is 0 Å². The SMILES string of the molecule is CCOC(=O)[C@@H]1CC(CCCC(=O)NCC(=O)NCC(=O)Nc2ccc(N=Nc3ccc(N)cc3)cc2)C(=O)N1C(=O)OC(C)(C)C. The molecule has 2 atom stereocenters. The van der Waals surface area contributed by atoms with E-state index in [0.29, 0.717) is 22.7 Å². The topological polar surface area (TPSA) is 211 Å². The minimum Gasteiger partial charge on any atom is -0.464 e. The summed E-state index contributed by atoms with van der Waals surface area (Å²) in [7, 11) is 0. The van der Waals surface area contributed by atoms with Gasteiger partial charge < -0.3 is 31.2 Å². The number of hydrogen-bond donors (Lipinski definition) is 4. The summed E-state index contributed by atoms with van der Waals surface area (Å²) in [5.41, 5.74) is 7.11. The van der Waals surface area contributed by atoms with Crippen LogP contribution in [0.15, 0.2) is 58.8 Å². The van der Waals surface area contributed by atoms with Crippen molar-refractivity contribution in [3.8, 4) is 0 Å². The highest BCUT2D eigenvalue weighted by molar-refractivity contribution is 6.00. The summed E-state index contributed by atoms with van der Waals surface area (Å²) in [4.78, 5) is 75.7. The number of carbonyl (C=O) groups excluding carboxylic acids is 6. The molecular weight excluding hydrogens is 610 g/mol. The summed E-state index contributed by atoms with van der Waals surface area (Å²) < 4.78 is 10.4. The van der Waals surface area contributed by atoms with Crippen molar-refractivity contribution >= 4 is 58.4 Å². The number of nitrogens with one attached hydrogen (secondary N) is 3. The van der Waals surface area contributed by atoms with Gasteiger partial charge in [0.2, 0.25) is 23.6 Å². The standard InChI is InChI=1S/C32H41N7O8/c1-5-46-30(44)25-17-20(29(43)39(25)31(45)47-32(2,3)4)7-6-8-26(40)34-18-27(41)35-19-28(42)36-22-13-15-24(16-14-22)38-37-23-11-9-21(33)10-12-23/h9-16,20,25H,5-8,17-19,33H2,1-4H3,(H,34,40)(H,35,41)(H,36,42)/t20?,25-/m0/s1. The van der Waals surface area contributed by atoms with E-state index >= 15 is 0 Å². The Morgan fingerprint density at radius 1 is 0.894 bits per heavy atom. The van der Waals surface area contributed by atoms with Crippen LogP contribution in [-0.2, 0) is 33.4 Å². The van der Waals surface area contributed by atoms with Crippen molar-refractivity contribution in [1.29, 1.82) is 0 Å². The van der Waals surface area contributed by atoms with Gasteiger partial charge in [0.25, 0.3) is 0 Å². The van der Waals surface area contributed by atoms with Crippen LogP contribution in [0.1, 0.15) is 53.4 Å². The lowest BCUT2D eigenvalue weighted by molar-refractivity contribution is -0.151. The number of anilines is 2. The Labute approximate surface area is 272 Å². The largest absolute Gasteiger partial charge is 0.464 e. The first kappa shape index (κ1) is 36.1. The quantitative estimate of drug-likeness (QED) is 0.141. The number of nitrogens with two attached hydrogens (primary N) is 1. The van der Waals surface area contributed by atoms with E-state index in [4.69, 9.17) is 15.2 Å². The Hall–Kier alpha value is -5.34. The van der Waals surface area contributed by atoms with Gasteiger partial charge in [0, 0.05) is 23.7 Å². The van der Waals surface area contributed by atoms with E-state index in [9.17, 15) is 28.8 Å². The average Bonchev–Trinajstić information content (AvgIpc) is 3.34. The third kappa shape index (κ3) is 11.8. The number of azo groups is 1. The first-order valence-corrected chi connectivity index (χ1v) is 15.2. The zero-order chi connectivity index (χ0) is 34.6. The molecule has 1 fully saturated rings. The second-order valence-electron chi connectivity index (χ2n) is 11.7. The summed E-state index contributed by atoms with van der Waals surface area (Å²) in [6.07, 6.45) is -0.356. The Morgan fingerprint density at radius 2 is 1.47 bits per heavy atom. The average molecular weight is 652 g/mol. The first-order chi connectivity index (χ1) is 22.3. The van der Waals surface area contributed by atoms with Crippen molar-refractivity contribution in [3.05, 3.63) is 48.5 Å². The van der Waals surface area contributed by atoms with Gasteiger partial charge in [-0.3, -0.25) is 19.2 Å². The Balaban J connectivity index is 1.36. The van der Waals surface area contributed by atoms with Gasteiger partial charge >= 0.3 is 12.1 Å². The zero-order valence-corrected chi connectivity index (χ0v) is 26.9. The summed E-state index contributed by atoms with van der Waals surface area (Å²) in [6, 6.07) is 12.4. The van der Waals surface area contributed by atoms with E-state index in [0.717, 1.165) is 4.90 Å². The molecule has 0 radical (unpaired) electrons. The van der Waals surface area contributed by atoms with Gasteiger partial charge in [-0.25, -0.2) is 14.5 Å². The number of amides is 5. The molecular formula is C32H41N7O8. The maximum atomic E-state index is 13.0. The maximum absolute atomic E-state index is 13.0. The van der Waals surface area contributed by atoms with E-state index in [1.807, 2.05) is 0 Å². The van der Waals surface area contributed by atoms with Crippen LogP contribution in [0.25, 0.3) is 0 Å². The summed E-state index contributed by atoms with van der Waals surface area (Å²) >= 11 is 0. The summed E-state index contributed by atoms with van der Waals surface area (Å²) in [5.74, 6) is -3.41. The van der Waals surface area contributed by atoms with Crippen LogP contribution in [0.3, 0.4) is 0 Å². The van der Waals surface area contributed by atoms with Crippen LogP contribution < -0.4 is 21.7 Å². The third-order valence-electron chi connectivity index (χ3n) is 6.73. The summed E-state index contributed by atoms with van der Waals surface area (Å²) in [5, 5.41) is 15.8. The van der Waals surface area contributed by atoms with Gasteiger partial charge in [-0.05, 0) is 95.5 Å². The minimum atomic E-state index is -1.10. The number of rotatable bonds is 13. The number of esters is 1. The van der Waals surface area contributed by atoms with E-state index in [1.165, 1.54) is 0 Å². The molecule has 0 spiro atoms. The predicted octanol–water partition coefficient (Wildman–Crippen LogP) is 3.74. The highest BCUT2D eigenvalue weighted by atomic mass is 16.6. The predicted molar refractivity (Wildman–Crippen MR) is 172 cm³/mol. The highest BCUT2D eigenvalue weighted by Gasteiger charge is 2.48. The maximum Gasteiger partial charge on any atom is 0.417 e. The Bertz CT molecular complexity index is 1470. The molecule has 0 bridgehead atoms. The molecule has 1 unspecified atom stereocenters. The van der Waals surface area contributed by atoms with Crippen LogP contribution in [0.2, 0.25) is 0 Å². The van der Waals surface area contributed by atoms with Gasteiger partial charge in [0.05, 0.1) is 31.1 Å². The monoisotopic (exact) mass is 651 g/mol. The fourth-order valence-corrected chi connectivity index (χ4v) is 4.53. The molecule has 0 aromatic heterocycles. The van der Waals surface area contributed by atoms with Crippen molar-refractivity contribution in [3.63, 3.8) is 0 Å². The number of likely N-dealkylation sites (tertiary alicyclic amines) is 1. The molecule has 15 heteroatoms. The number of benzene rings is 2. The zero-order valence-electron chi connectivity index (χ0n) is 26.9. The number of carbonyl (C=O) groups is 6. The fourth-order valence-electron chi connectivity index (χ4n) is 4.53. The van der Waals surface area contributed by atoms with Crippen LogP contribution >= 0.6 is 0 Å². The number of nitrogen functional groups attached to an aromatic ring is 1. The molecule has 15 nitrogen and oxygen atoms in total. The molecule has 2 aromatic rings. The van der Waals surface area contributed by atoms with Gasteiger partial charge in [-0.15, -0.1) is 0 Å². The Kier molecular flexibility index (Phi) is 12.9. The van der Waals surface area contributed by atoms with Crippen molar-refractivity contribution < 1.29 is 38.2 Å². The Morgan fingerprint density at radius 3 is 2.06 bits per heavy atom. The number of imide groups is 1. The first-order valence-electron chi connectivity index (χ1n) is 15.2. The highest BCUT2D eigenvalue weighted by Crippen LogP contribution is 2.31. The van der Waals surface area contributed by atoms with Crippen LogP contribution in [0.5, 0.6) is 0 Å². The molecule has 1 saturated heterocycles. The summed E-state index contributed by atoms with van der Waals surface area (Å²) in [6.45, 7) is 6.00. The van der Waals surface area contributed by atoms with E-state index in [2.05, 4.69) is 26.2 Å². The van der Waals surface area contributed by atoms with Crippen LogP contribution in [-0.4, -0.2) is 71.9 Å². The molecule has 5 amide bonds. The van der Waals surface area contributed by atoms with Crippen molar-refractivity contribution in [2.24, 2.45) is 16.1 Å². The van der Waals surface area contributed by atoms with E-state index < -0.39 is 53.3 Å². The second-order valence-corrected chi connectivity index (χ2v) is 11.7. The molecule has 3 rings (SSSR count). The van der Waals surface area contributed by atoms with Crippen molar-refractivity contribution in [1.82, 2.24) is 15.5 Å².